The van der Waals surface area contributed by atoms with Gasteiger partial charge in [-0.2, -0.15) is 0 Å². The largest absolute Gasteiger partial charge is 0.408 e. The lowest BCUT2D eigenvalue weighted by Gasteiger charge is -2.05. The van der Waals surface area contributed by atoms with Gasteiger partial charge >= 0.3 is 6.01 Å². The summed E-state index contributed by atoms with van der Waals surface area (Å²) >= 11 is 1.35. The van der Waals surface area contributed by atoms with Crippen LogP contribution in [-0.2, 0) is 11.8 Å². The topological polar surface area (TPSA) is 85.8 Å². The van der Waals surface area contributed by atoms with Crippen LogP contribution in [0.5, 0.6) is 0 Å². The summed E-state index contributed by atoms with van der Waals surface area (Å²) in [5, 5.41) is 11.1. The lowest BCUT2D eigenvalue weighted by atomic mass is 10.2. The second kappa shape index (κ2) is 7.52. The SMILES string of the molecule is CC(C)c1nnc(NC(=O)CSc2ncc(-c3ccccc3)n2C)o1. The van der Waals surface area contributed by atoms with E-state index in [4.69, 9.17) is 4.42 Å². The van der Waals surface area contributed by atoms with E-state index in [-0.39, 0.29) is 23.6 Å². The van der Waals surface area contributed by atoms with Crippen LogP contribution < -0.4 is 5.32 Å². The van der Waals surface area contributed by atoms with Crippen LogP contribution in [0.25, 0.3) is 11.3 Å². The van der Waals surface area contributed by atoms with Gasteiger partial charge in [0.05, 0.1) is 17.6 Å². The fourth-order valence-corrected chi connectivity index (χ4v) is 2.96. The predicted molar refractivity (Wildman–Crippen MR) is 96.4 cm³/mol. The Hall–Kier alpha value is -2.61. The van der Waals surface area contributed by atoms with Gasteiger partial charge in [0.2, 0.25) is 11.8 Å². The first-order chi connectivity index (χ1) is 12.0. The van der Waals surface area contributed by atoms with Gasteiger partial charge in [0.15, 0.2) is 5.16 Å². The first-order valence-electron chi connectivity index (χ1n) is 7.87. The zero-order valence-electron chi connectivity index (χ0n) is 14.3. The van der Waals surface area contributed by atoms with Crippen molar-refractivity contribution in [3.8, 4) is 11.3 Å². The number of imidazole rings is 1. The van der Waals surface area contributed by atoms with Crippen LogP contribution in [0, 0.1) is 0 Å². The van der Waals surface area contributed by atoms with E-state index >= 15 is 0 Å². The lowest BCUT2D eigenvalue weighted by molar-refractivity contribution is -0.113. The highest BCUT2D eigenvalue weighted by Crippen LogP contribution is 2.24. The molecule has 0 saturated heterocycles. The van der Waals surface area contributed by atoms with Crippen molar-refractivity contribution in [2.75, 3.05) is 11.1 Å². The molecule has 1 aromatic carbocycles. The van der Waals surface area contributed by atoms with E-state index in [2.05, 4.69) is 20.5 Å². The number of carbonyl (C=O) groups is 1. The van der Waals surface area contributed by atoms with E-state index in [0.29, 0.717) is 5.89 Å². The molecule has 0 aliphatic carbocycles. The van der Waals surface area contributed by atoms with Crippen molar-refractivity contribution in [1.82, 2.24) is 19.7 Å². The number of benzene rings is 1. The third-order valence-electron chi connectivity index (χ3n) is 3.53. The standard InChI is InChI=1S/C17H19N5O2S/c1-11(2)15-20-21-16(24-15)19-14(23)10-25-17-18-9-13(22(17)3)12-7-5-4-6-8-12/h4-9,11H,10H2,1-3H3,(H,19,21,23). The Balaban J connectivity index is 1.60. The molecule has 0 aliphatic rings. The summed E-state index contributed by atoms with van der Waals surface area (Å²) in [5.41, 5.74) is 2.09. The van der Waals surface area contributed by atoms with Gasteiger partial charge in [-0.05, 0) is 5.56 Å². The van der Waals surface area contributed by atoms with Crippen LogP contribution in [-0.4, -0.2) is 31.4 Å². The number of carbonyl (C=O) groups excluding carboxylic acids is 1. The van der Waals surface area contributed by atoms with Gasteiger partial charge < -0.3 is 8.98 Å². The second-order valence-corrected chi connectivity index (χ2v) is 6.73. The molecule has 3 rings (SSSR count). The van der Waals surface area contributed by atoms with Crippen LogP contribution in [0.15, 0.2) is 46.1 Å². The van der Waals surface area contributed by atoms with E-state index in [1.165, 1.54) is 11.8 Å². The summed E-state index contributed by atoms with van der Waals surface area (Å²) in [4.78, 5) is 16.4. The van der Waals surface area contributed by atoms with Gasteiger partial charge in [0.1, 0.15) is 0 Å². The molecule has 8 heteroatoms. The number of thioether (sulfide) groups is 1. The first kappa shape index (κ1) is 17.2. The molecule has 2 heterocycles. The van der Waals surface area contributed by atoms with Gasteiger partial charge in [0, 0.05) is 13.0 Å². The first-order valence-corrected chi connectivity index (χ1v) is 8.86. The maximum atomic E-state index is 12.1. The molecule has 1 N–H and O–H groups in total. The molecule has 0 atom stereocenters. The fourth-order valence-electron chi connectivity index (χ4n) is 2.21. The van der Waals surface area contributed by atoms with Crippen molar-refractivity contribution < 1.29 is 9.21 Å². The predicted octanol–water partition coefficient (Wildman–Crippen LogP) is 3.32. The van der Waals surface area contributed by atoms with Crippen molar-refractivity contribution in [3.05, 3.63) is 42.4 Å². The van der Waals surface area contributed by atoms with Crippen molar-refractivity contribution in [2.45, 2.75) is 24.9 Å². The average Bonchev–Trinajstić information content (AvgIpc) is 3.21. The van der Waals surface area contributed by atoms with Crippen molar-refractivity contribution in [3.63, 3.8) is 0 Å². The Morgan fingerprint density at radius 1 is 1.28 bits per heavy atom. The van der Waals surface area contributed by atoms with Gasteiger partial charge in [-0.25, -0.2) is 4.98 Å². The number of rotatable bonds is 6. The summed E-state index contributed by atoms with van der Waals surface area (Å²) in [5.74, 6) is 0.614. The molecule has 0 radical (unpaired) electrons. The molecule has 7 nitrogen and oxygen atoms in total. The Morgan fingerprint density at radius 3 is 2.72 bits per heavy atom. The van der Waals surface area contributed by atoms with Gasteiger partial charge in [0.25, 0.3) is 0 Å². The number of nitrogens with zero attached hydrogens (tertiary/aromatic N) is 4. The van der Waals surface area contributed by atoms with Crippen LogP contribution in [0.4, 0.5) is 6.01 Å². The number of anilines is 1. The molecule has 25 heavy (non-hydrogen) atoms. The minimum absolute atomic E-state index is 0.122. The highest BCUT2D eigenvalue weighted by molar-refractivity contribution is 7.99. The number of hydrogen-bond donors (Lipinski definition) is 1. The molecule has 0 fully saturated rings. The van der Waals surface area contributed by atoms with Crippen LogP contribution in [0.2, 0.25) is 0 Å². The smallest absolute Gasteiger partial charge is 0.322 e. The monoisotopic (exact) mass is 357 g/mol. The Labute approximate surface area is 149 Å². The number of amides is 1. The Morgan fingerprint density at radius 2 is 2.04 bits per heavy atom. The highest BCUT2D eigenvalue weighted by atomic mass is 32.2. The van der Waals surface area contributed by atoms with E-state index in [1.54, 1.807) is 0 Å². The molecular formula is C17H19N5O2S. The highest BCUT2D eigenvalue weighted by Gasteiger charge is 2.14. The minimum Gasteiger partial charge on any atom is -0.408 e. The second-order valence-electron chi connectivity index (χ2n) is 5.79. The molecule has 0 unspecified atom stereocenters. The van der Waals surface area contributed by atoms with E-state index in [9.17, 15) is 4.79 Å². The summed E-state index contributed by atoms with van der Waals surface area (Å²) in [6.07, 6.45) is 1.81. The summed E-state index contributed by atoms with van der Waals surface area (Å²) in [6, 6.07) is 10.1. The number of nitrogens with one attached hydrogen (secondary N) is 1. The number of aromatic nitrogens is 4. The fraction of sp³-hybridized carbons (Fsp3) is 0.294. The average molecular weight is 357 g/mol. The van der Waals surface area contributed by atoms with Crippen LogP contribution in [0.3, 0.4) is 0 Å². The molecular weight excluding hydrogens is 338 g/mol. The molecule has 1 amide bonds. The van der Waals surface area contributed by atoms with E-state index in [0.717, 1.165) is 16.4 Å². The molecule has 0 bridgehead atoms. The summed E-state index contributed by atoms with van der Waals surface area (Å²) in [6.45, 7) is 3.89. The molecule has 2 aromatic heterocycles. The lowest BCUT2D eigenvalue weighted by Crippen LogP contribution is -2.14. The van der Waals surface area contributed by atoms with Gasteiger partial charge in [-0.1, -0.05) is 61.0 Å². The number of hydrogen-bond acceptors (Lipinski definition) is 6. The zero-order chi connectivity index (χ0) is 17.8. The van der Waals surface area contributed by atoms with Gasteiger partial charge in [-0.15, -0.1) is 5.10 Å². The van der Waals surface area contributed by atoms with E-state index < -0.39 is 0 Å². The molecule has 3 aromatic rings. The Bertz CT molecular complexity index is 857. The summed E-state index contributed by atoms with van der Waals surface area (Å²) in [7, 11) is 1.93. The van der Waals surface area contributed by atoms with E-state index in [1.807, 2.05) is 62.0 Å². The van der Waals surface area contributed by atoms with Crippen molar-refractivity contribution in [2.24, 2.45) is 7.05 Å². The molecule has 0 saturated carbocycles. The zero-order valence-corrected chi connectivity index (χ0v) is 15.1. The third kappa shape index (κ3) is 4.08. The molecule has 0 aliphatic heterocycles. The maximum absolute atomic E-state index is 12.1. The van der Waals surface area contributed by atoms with Gasteiger partial charge in [-0.3, -0.25) is 10.1 Å². The third-order valence-corrected chi connectivity index (χ3v) is 4.57. The Kier molecular flexibility index (Phi) is 5.18. The molecule has 0 spiro atoms. The van der Waals surface area contributed by atoms with Crippen LogP contribution >= 0.6 is 11.8 Å². The summed E-state index contributed by atoms with van der Waals surface area (Å²) < 4.78 is 7.34. The molecule has 130 valence electrons. The normalized spacial score (nSPS) is 11.0. The van der Waals surface area contributed by atoms with Crippen LogP contribution in [0.1, 0.15) is 25.7 Å². The quantitative estimate of drug-likeness (QED) is 0.681. The van der Waals surface area contributed by atoms with Crippen molar-refractivity contribution >= 4 is 23.7 Å². The maximum Gasteiger partial charge on any atom is 0.322 e. The minimum atomic E-state index is -0.215. The van der Waals surface area contributed by atoms with Crippen molar-refractivity contribution in [1.29, 1.82) is 0 Å².